The Bertz CT molecular complexity index is 772. The molecule has 1 aromatic carbocycles. The fourth-order valence-electron chi connectivity index (χ4n) is 1.80. The normalized spacial score (nSPS) is 10.4. The van der Waals surface area contributed by atoms with Crippen LogP contribution < -0.4 is 4.74 Å². The molecule has 7 heteroatoms. The Kier molecular flexibility index (Phi) is 4.06. The van der Waals surface area contributed by atoms with Gasteiger partial charge in [0.05, 0.1) is 16.3 Å². The van der Waals surface area contributed by atoms with Crippen molar-refractivity contribution in [2.24, 2.45) is 0 Å². The van der Waals surface area contributed by atoms with E-state index in [1.807, 2.05) is 23.6 Å². The smallest absolute Gasteiger partial charge is 0.269 e. The maximum atomic E-state index is 10.6. The van der Waals surface area contributed by atoms with Crippen molar-refractivity contribution in [3.05, 3.63) is 69.8 Å². The topological polar surface area (TPSA) is 78.2 Å². The summed E-state index contributed by atoms with van der Waals surface area (Å²) in [6, 6.07) is 11.6. The van der Waals surface area contributed by atoms with Crippen LogP contribution in [0.25, 0.3) is 10.7 Å². The number of nitro benzene ring substituents is 1. The average molecular weight is 313 g/mol. The zero-order valence-corrected chi connectivity index (χ0v) is 12.2. The van der Waals surface area contributed by atoms with Crippen LogP contribution in [-0.4, -0.2) is 14.9 Å². The second-order valence-electron chi connectivity index (χ2n) is 4.40. The third-order valence-electron chi connectivity index (χ3n) is 2.87. The summed E-state index contributed by atoms with van der Waals surface area (Å²) in [5.41, 5.74) is 1.66. The number of hydrogen-bond donors (Lipinski definition) is 0. The minimum Gasteiger partial charge on any atom is -0.487 e. The molecule has 6 nitrogen and oxygen atoms in total. The number of hydrogen-bond acceptors (Lipinski definition) is 6. The number of non-ortho nitro benzene ring substituents is 1. The predicted molar refractivity (Wildman–Crippen MR) is 82.8 cm³/mol. The highest BCUT2D eigenvalue weighted by Crippen LogP contribution is 2.23. The Morgan fingerprint density at radius 1 is 1.18 bits per heavy atom. The minimum absolute atomic E-state index is 0.0402. The van der Waals surface area contributed by atoms with Crippen LogP contribution >= 0.6 is 11.3 Å². The van der Waals surface area contributed by atoms with E-state index in [1.165, 1.54) is 23.5 Å². The van der Waals surface area contributed by atoms with Gasteiger partial charge in [-0.2, -0.15) is 0 Å². The summed E-state index contributed by atoms with van der Waals surface area (Å²) in [6.45, 7) is 0.307. The lowest BCUT2D eigenvalue weighted by Crippen LogP contribution is -1.96. The van der Waals surface area contributed by atoms with Crippen molar-refractivity contribution in [1.29, 1.82) is 0 Å². The van der Waals surface area contributed by atoms with Gasteiger partial charge in [0.15, 0.2) is 0 Å². The molecule has 0 spiro atoms. The molecule has 0 bridgehead atoms. The van der Waals surface area contributed by atoms with Crippen molar-refractivity contribution < 1.29 is 9.66 Å². The maximum Gasteiger partial charge on any atom is 0.269 e. The molecule has 2 aromatic heterocycles. The Balaban J connectivity index is 1.65. The third-order valence-corrected chi connectivity index (χ3v) is 3.78. The van der Waals surface area contributed by atoms with Crippen LogP contribution in [0, 0.1) is 10.1 Å². The fourth-order valence-corrected chi connectivity index (χ4v) is 2.58. The van der Waals surface area contributed by atoms with Crippen molar-refractivity contribution >= 4 is 17.0 Å². The zero-order chi connectivity index (χ0) is 15.4. The van der Waals surface area contributed by atoms with E-state index in [0.717, 1.165) is 16.4 Å². The van der Waals surface area contributed by atoms with Crippen molar-refractivity contribution in [2.75, 3.05) is 0 Å². The van der Waals surface area contributed by atoms with Crippen molar-refractivity contribution in [2.45, 2.75) is 6.61 Å². The van der Waals surface area contributed by atoms with Crippen molar-refractivity contribution in [1.82, 2.24) is 9.97 Å². The number of ether oxygens (including phenoxy) is 1. The number of nitrogens with zero attached hydrogens (tertiary/aromatic N) is 3. The summed E-state index contributed by atoms with van der Waals surface area (Å²) in [6.07, 6.45) is 1.73. The van der Waals surface area contributed by atoms with Gasteiger partial charge in [-0.05, 0) is 24.3 Å². The van der Waals surface area contributed by atoms with E-state index < -0.39 is 4.92 Å². The fraction of sp³-hybridized carbons (Fsp3) is 0.0667. The van der Waals surface area contributed by atoms with E-state index in [-0.39, 0.29) is 5.69 Å². The first-order valence-electron chi connectivity index (χ1n) is 6.45. The number of thiazole rings is 1. The Morgan fingerprint density at radius 3 is 2.68 bits per heavy atom. The van der Waals surface area contributed by atoms with Crippen LogP contribution in [0.5, 0.6) is 5.75 Å². The van der Waals surface area contributed by atoms with Gasteiger partial charge < -0.3 is 4.74 Å². The van der Waals surface area contributed by atoms with Gasteiger partial charge in [-0.1, -0.05) is 6.07 Å². The molecular formula is C15H11N3O3S. The van der Waals surface area contributed by atoms with Gasteiger partial charge >= 0.3 is 0 Å². The summed E-state index contributed by atoms with van der Waals surface area (Å²) in [5, 5.41) is 13.3. The molecule has 0 saturated heterocycles. The lowest BCUT2D eigenvalue weighted by molar-refractivity contribution is -0.384. The molecule has 22 heavy (non-hydrogen) atoms. The zero-order valence-electron chi connectivity index (χ0n) is 11.4. The van der Waals surface area contributed by atoms with Crippen LogP contribution in [-0.2, 0) is 6.61 Å². The molecule has 0 atom stereocenters. The summed E-state index contributed by atoms with van der Waals surface area (Å²) in [4.78, 5) is 18.9. The Morgan fingerprint density at radius 2 is 2.00 bits per heavy atom. The predicted octanol–water partition coefficient (Wildman–Crippen LogP) is 3.69. The van der Waals surface area contributed by atoms with Crippen LogP contribution in [0.1, 0.15) is 5.69 Å². The van der Waals surface area contributed by atoms with Crippen LogP contribution in [0.15, 0.2) is 54.0 Å². The van der Waals surface area contributed by atoms with Gasteiger partial charge in [0, 0.05) is 23.7 Å². The third kappa shape index (κ3) is 3.26. The largest absolute Gasteiger partial charge is 0.487 e. The molecule has 0 N–H and O–H groups in total. The Labute approximate surface area is 130 Å². The molecule has 0 unspecified atom stereocenters. The quantitative estimate of drug-likeness (QED) is 0.530. The second-order valence-corrected chi connectivity index (χ2v) is 5.26. The van der Waals surface area contributed by atoms with E-state index in [9.17, 15) is 10.1 Å². The molecule has 0 aliphatic carbocycles. The second kappa shape index (κ2) is 6.31. The van der Waals surface area contributed by atoms with Crippen LogP contribution in [0.2, 0.25) is 0 Å². The number of benzene rings is 1. The first-order chi connectivity index (χ1) is 10.7. The van der Waals surface area contributed by atoms with Gasteiger partial charge in [-0.25, -0.2) is 4.98 Å². The highest BCUT2D eigenvalue weighted by Gasteiger charge is 2.07. The Hall–Kier alpha value is -2.80. The van der Waals surface area contributed by atoms with Crippen LogP contribution in [0.3, 0.4) is 0 Å². The van der Waals surface area contributed by atoms with E-state index in [2.05, 4.69) is 9.97 Å². The molecule has 2 heterocycles. The molecule has 0 radical (unpaired) electrons. The molecule has 0 amide bonds. The minimum atomic E-state index is -0.441. The van der Waals surface area contributed by atoms with E-state index >= 15 is 0 Å². The van der Waals surface area contributed by atoms with Crippen LogP contribution in [0.4, 0.5) is 5.69 Å². The lowest BCUT2D eigenvalue weighted by atomic mass is 10.3. The summed E-state index contributed by atoms with van der Waals surface area (Å²) >= 11 is 1.50. The molecule has 0 saturated carbocycles. The van der Waals surface area contributed by atoms with E-state index in [1.54, 1.807) is 18.3 Å². The molecule has 3 rings (SSSR count). The van der Waals surface area contributed by atoms with Gasteiger partial charge in [0.2, 0.25) is 0 Å². The average Bonchev–Trinajstić information content (AvgIpc) is 3.03. The molecule has 0 aliphatic heterocycles. The highest BCUT2D eigenvalue weighted by atomic mass is 32.1. The standard InChI is InChI=1S/C15H11N3O3S/c19-18(20)12-4-6-13(7-5-12)21-9-11-10-22-15(17-11)14-3-1-2-8-16-14/h1-8,10H,9H2. The highest BCUT2D eigenvalue weighted by molar-refractivity contribution is 7.13. The lowest BCUT2D eigenvalue weighted by Gasteiger charge is -2.03. The number of rotatable bonds is 5. The molecule has 3 aromatic rings. The SMILES string of the molecule is O=[N+]([O-])c1ccc(OCc2csc(-c3ccccn3)n2)cc1. The summed E-state index contributed by atoms with van der Waals surface area (Å²) in [7, 11) is 0. The maximum absolute atomic E-state index is 10.6. The number of aromatic nitrogens is 2. The number of pyridine rings is 1. The van der Waals surface area contributed by atoms with Crippen molar-refractivity contribution in [3.8, 4) is 16.5 Å². The summed E-state index contributed by atoms with van der Waals surface area (Å²) < 4.78 is 5.58. The number of nitro groups is 1. The first-order valence-corrected chi connectivity index (χ1v) is 7.33. The van der Waals surface area contributed by atoms with Gasteiger partial charge in [-0.15, -0.1) is 11.3 Å². The van der Waals surface area contributed by atoms with Gasteiger partial charge in [0.25, 0.3) is 5.69 Å². The van der Waals surface area contributed by atoms with E-state index in [0.29, 0.717) is 12.4 Å². The molecule has 0 fully saturated rings. The van der Waals surface area contributed by atoms with Crippen molar-refractivity contribution in [3.63, 3.8) is 0 Å². The molecule has 110 valence electrons. The van der Waals surface area contributed by atoms with E-state index in [4.69, 9.17) is 4.74 Å². The van der Waals surface area contributed by atoms with Gasteiger partial charge in [0.1, 0.15) is 17.4 Å². The van der Waals surface area contributed by atoms with Gasteiger partial charge in [-0.3, -0.25) is 15.1 Å². The summed E-state index contributed by atoms with van der Waals surface area (Å²) in [5.74, 6) is 0.568. The first kappa shape index (κ1) is 14.2. The molecule has 0 aliphatic rings. The molecular weight excluding hydrogens is 302 g/mol. The monoisotopic (exact) mass is 313 g/mol.